The number of benzene rings is 1. The van der Waals surface area contributed by atoms with Crippen molar-refractivity contribution < 1.29 is 19.1 Å². The molecule has 142 valence electrons. The van der Waals surface area contributed by atoms with Gasteiger partial charge in [0, 0.05) is 17.8 Å². The third-order valence-electron chi connectivity index (χ3n) is 4.34. The highest BCUT2D eigenvalue weighted by atomic mass is 16.5. The Bertz CT molecular complexity index is 622. The average Bonchev–Trinajstić information content (AvgIpc) is 2.63. The topological polar surface area (TPSA) is 87.7 Å². The lowest BCUT2D eigenvalue weighted by Gasteiger charge is -2.30. The number of rotatable bonds is 7. The molecule has 0 radical (unpaired) electrons. The van der Waals surface area contributed by atoms with Crippen molar-refractivity contribution in [3.05, 3.63) is 29.8 Å². The molecule has 0 unspecified atom stereocenters. The molecule has 0 atom stereocenters. The summed E-state index contributed by atoms with van der Waals surface area (Å²) in [5, 5.41) is 5.57. The zero-order chi connectivity index (χ0) is 18.9. The molecule has 1 heterocycles. The third-order valence-corrected chi connectivity index (χ3v) is 4.34. The van der Waals surface area contributed by atoms with Crippen molar-refractivity contribution in [1.82, 2.24) is 10.2 Å². The minimum Gasteiger partial charge on any atom is -0.466 e. The lowest BCUT2D eigenvalue weighted by Crippen LogP contribution is -2.41. The van der Waals surface area contributed by atoms with Crippen LogP contribution in [0.1, 0.15) is 37.0 Å². The maximum absolute atomic E-state index is 12.2. The maximum Gasteiger partial charge on any atom is 0.309 e. The molecule has 1 aromatic rings. The fraction of sp³-hybridized carbons (Fsp3) is 0.526. The summed E-state index contributed by atoms with van der Waals surface area (Å²) in [6.07, 6.45) is 1.43. The highest BCUT2D eigenvalue weighted by Gasteiger charge is 2.26. The smallest absolute Gasteiger partial charge is 0.309 e. The number of carbonyl (C=O) groups is 3. The van der Waals surface area contributed by atoms with Crippen molar-refractivity contribution in [1.29, 1.82) is 0 Å². The Hall–Kier alpha value is -2.41. The number of anilines is 1. The number of ether oxygens (including phenoxy) is 1. The zero-order valence-electron chi connectivity index (χ0n) is 15.4. The highest BCUT2D eigenvalue weighted by molar-refractivity contribution is 5.96. The van der Waals surface area contributed by atoms with Crippen LogP contribution in [0, 0.1) is 5.92 Å². The molecule has 0 aliphatic carbocycles. The van der Waals surface area contributed by atoms with Crippen LogP contribution in [0.3, 0.4) is 0 Å². The minimum absolute atomic E-state index is 0.0592. The molecule has 0 saturated carbocycles. The van der Waals surface area contributed by atoms with Gasteiger partial charge in [-0.25, -0.2) is 0 Å². The molecule has 7 nitrogen and oxygen atoms in total. The zero-order valence-corrected chi connectivity index (χ0v) is 15.4. The monoisotopic (exact) mass is 361 g/mol. The van der Waals surface area contributed by atoms with Crippen molar-refractivity contribution in [2.75, 3.05) is 38.1 Å². The van der Waals surface area contributed by atoms with Crippen LogP contribution < -0.4 is 10.6 Å². The Balaban J connectivity index is 1.77. The van der Waals surface area contributed by atoms with Gasteiger partial charge in [0.05, 0.1) is 19.1 Å². The van der Waals surface area contributed by atoms with Gasteiger partial charge in [0.2, 0.25) is 5.91 Å². The number of nitrogens with zero attached hydrogens (tertiary/aromatic N) is 1. The van der Waals surface area contributed by atoms with Gasteiger partial charge in [-0.3, -0.25) is 19.3 Å². The van der Waals surface area contributed by atoms with E-state index in [9.17, 15) is 14.4 Å². The second-order valence-electron chi connectivity index (χ2n) is 6.29. The van der Waals surface area contributed by atoms with E-state index in [1.54, 1.807) is 31.2 Å². The first-order valence-corrected chi connectivity index (χ1v) is 9.10. The molecule has 1 saturated heterocycles. The van der Waals surface area contributed by atoms with Gasteiger partial charge in [0.1, 0.15) is 0 Å². The largest absolute Gasteiger partial charge is 0.466 e. The number of piperidine rings is 1. The first kappa shape index (κ1) is 19.9. The first-order valence-electron chi connectivity index (χ1n) is 9.10. The molecule has 0 aromatic heterocycles. The van der Waals surface area contributed by atoms with Crippen LogP contribution >= 0.6 is 0 Å². The van der Waals surface area contributed by atoms with Crippen molar-refractivity contribution in [3.8, 4) is 0 Å². The molecule has 26 heavy (non-hydrogen) atoms. The molecular weight excluding hydrogens is 334 g/mol. The van der Waals surface area contributed by atoms with E-state index in [4.69, 9.17) is 4.74 Å². The van der Waals surface area contributed by atoms with Gasteiger partial charge in [-0.15, -0.1) is 0 Å². The van der Waals surface area contributed by atoms with E-state index in [0.29, 0.717) is 50.3 Å². The Labute approximate surface area is 154 Å². The highest BCUT2D eigenvalue weighted by Crippen LogP contribution is 2.18. The predicted octanol–water partition coefficient (Wildman–Crippen LogP) is 1.65. The van der Waals surface area contributed by atoms with Crippen LogP contribution in [0.4, 0.5) is 5.69 Å². The van der Waals surface area contributed by atoms with E-state index < -0.39 is 0 Å². The summed E-state index contributed by atoms with van der Waals surface area (Å²) in [5.41, 5.74) is 1.22. The Kier molecular flexibility index (Phi) is 7.59. The van der Waals surface area contributed by atoms with E-state index in [-0.39, 0.29) is 30.2 Å². The van der Waals surface area contributed by atoms with E-state index >= 15 is 0 Å². The van der Waals surface area contributed by atoms with E-state index in [1.807, 2.05) is 11.8 Å². The quantitative estimate of drug-likeness (QED) is 0.721. The summed E-state index contributed by atoms with van der Waals surface area (Å²) in [4.78, 5) is 37.7. The minimum atomic E-state index is -0.135. The van der Waals surface area contributed by atoms with Gasteiger partial charge < -0.3 is 15.4 Å². The SMILES string of the molecule is CCNC(=O)c1ccc(NC(=O)CN2CCC(C(=O)OCC)CC2)cc1. The number of hydrogen-bond donors (Lipinski definition) is 2. The second kappa shape index (κ2) is 9.91. The van der Waals surface area contributed by atoms with Gasteiger partial charge >= 0.3 is 5.97 Å². The van der Waals surface area contributed by atoms with E-state index in [2.05, 4.69) is 10.6 Å². The fourth-order valence-electron chi connectivity index (χ4n) is 2.96. The summed E-state index contributed by atoms with van der Waals surface area (Å²) in [7, 11) is 0. The number of hydrogen-bond acceptors (Lipinski definition) is 5. The van der Waals surface area contributed by atoms with E-state index in [1.165, 1.54) is 0 Å². The molecule has 0 spiro atoms. The van der Waals surface area contributed by atoms with Crippen molar-refractivity contribution in [2.24, 2.45) is 5.92 Å². The fourth-order valence-corrected chi connectivity index (χ4v) is 2.96. The summed E-state index contributed by atoms with van der Waals surface area (Å²) < 4.78 is 5.05. The maximum atomic E-state index is 12.2. The molecule has 7 heteroatoms. The van der Waals surface area contributed by atoms with Crippen LogP contribution in [0.5, 0.6) is 0 Å². The predicted molar refractivity (Wildman–Crippen MR) is 98.9 cm³/mol. The number of esters is 1. The summed E-state index contributed by atoms with van der Waals surface area (Å²) >= 11 is 0. The van der Waals surface area contributed by atoms with Gasteiger partial charge in [-0.1, -0.05) is 0 Å². The number of nitrogens with one attached hydrogen (secondary N) is 2. The molecule has 2 amide bonds. The molecule has 2 rings (SSSR count). The number of amides is 2. The normalized spacial score (nSPS) is 15.3. The lowest BCUT2D eigenvalue weighted by atomic mass is 9.97. The second-order valence-corrected chi connectivity index (χ2v) is 6.29. The average molecular weight is 361 g/mol. The van der Waals surface area contributed by atoms with Crippen LogP contribution in [0.25, 0.3) is 0 Å². The van der Waals surface area contributed by atoms with Crippen LogP contribution in [0.2, 0.25) is 0 Å². The number of carbonyl (C=O) groups excluding carboxylic acids is 3. The molecule has 0 bridgehead atoms. The third kappa shape index (κ3) is 5.84. The van der Waals surface area contributed by atoms with Crippen LogP contribution in [-0.4, -0.2) is 55.5 Å². The van der Waals surface area contributed by atoms with Crippen molar-refractivity contribution in [2.45, 2.75) is 26.7 Å². The van der Waals surface area contributed by atoms with Gasteiger partial charge in [0.15, 0.2) is 0 Å². The molecule has 2 N–H and O–H groups in total. The molecule has 1 aromatic carbocycles. The van der Waals surface area contributed by atoms with Crippen LogP contribution in [-0.2, 0) is 14.3 Å². The van der Waals surface area contributed by atoms with E-state index in [0.717, 1.165) is 0 Å². The lowest BCUT2D eigenvalue weighted by molar-refractivity contribution is -0.149. The standard InChI is InChI=1S/C19H27N3O4/c1-3-20-18(24)14-5-7-16(8-6-14)21-17(23)13-22-11-9-15(10-12-22)19(25)26-4-2/h5-8,15H,3-4,9-13H2,1-2H3,(H,20,24)(H,21,23). The number of likely N-dealkylation sites (tertiary alicyclic amines) is 1. The molecule has 1 aliphatic rings. The van der Waals surface area contributed by atoms with Crippen molar-refractivity contribution >= 4 is 23.5 Å². The Morgan fingerprint density at radius 3 is 2.35 bits per heavy atom. The first-order chi connectivity index (χ1) is 12.5. The molecular formula is C19H27N3O4. The van der Waals surface area contributed by atoms with Crippen molar-refractivity contribution in [3.63, 3.8) is 0 Å². The summed E-state index contributed by atoms with van der Waals surface area (Å²) in [6.45, 7) is 6.33. The summed E-state index contributed by atoms with van der Waals surface area (Å²) in [6, 6.07) is 6.81. The molecule has 1 aliphatic heterocycles. The van der Waals surface area contributed by atoms with Gasteiger partial charge in [-0.05, 0) is 64.0 Å². The van der Waals surface area contributed by atoms with Gasteiger partial charge in [0.25, 0.3) is 5.91 Å². The molecule has 1 fully saturated rings. The Morgan fingerprint density at radius 2 is 1.77 bits per heavy atom. The van der Waals surface area contributed by atoms with Gasteiger partial charge in [-0.2, -0.15) is 0 Å². The van der Waals surface area contributed by atoms with Crippen LogP contribution in [0.15, 0.2) is 24.3 Å². The Morgan fingerprint density at radius 1 is 1.12 bits per heavy atom. The summed E-state index contributed by atoms with van der Waals surface area (Å²) in [5.74, 6) is -0.430.